The summed E-state index contributed by atoms with van der Waals surface area (Å²) >= 11 is 0. The maximum Gasteiger partial charge on any atom is 0.223 e. The van der Waals surface area contributed by atoms with E-state index in [1.54, 1.807) is 0 Å². The van der Waals surface area contributed by atoms with Gasteiger partial charge in [-0.05, 0) is 37.5 Å². The quantitative estimate of drug-likeness (QED) is 0.693. The Hall–Kier alpha value is -0.530. The molecule has 0 spiro atoms. The Labute approximate surface area is 92.8 Å². The van der Waals surface area contributed by atoms with E-state index in [2.05, 4.69) is 12.2 Å². The van der Waals surface area contributed by atoms with Crippen LogP contribution in [0, 0.1) is 17.8 Å². The number of hydrogen-bond donors (Lipinski definition) is 1. The lowest BCUT2D eigenvalue weighted by molar-refractivity contribution is -0.126. The molecule has 2 saturated carbocycles. The van der Waals surface area contributed by atoms with Crippen LogP contribution in [0.4, 0.5) is 0 Å². The van der Waals surface area contributed by atoms with Crippen molar-refractivity contribution in [3.63, 3.8) is 0 Å². The largest absolute Gasteiger partial charge is 0.356 e. The molecule has 86 valence electrons. The molecule has 2 aliphatic rings. The van der Waals surface area contributed by atoms with Crippen molar-refractivity contribution in [3.8, 4) is 0 Å². The molecule has 1 amide bonds. The molecule has 0 heterocycles. The van der Waals surface area contributed by atoms with Gasteiger partial charge in [0.05, 0.1) is 0 Å². The number of rotatable bonds is 5. The Balaban J connectivity index is 1.68. The van der Waals surface area contributed by atoms with Gasteiger partial charge in [0.25, 0.3) is 0 Å². The van der Waals surface area contributed by atoms with Gasteiger partial charge in [0.1, 0.15) is 0 Å². The Morgan fingerprint density at radius 1 is 1.27 bits per heavy atom. The van der Waals surface area contributed by atoms with E-state index < -0.39 is 0 Å². The molecule has 3 atom stereocenters. The Bertz CT molecular complexity index is 227. The van der Waals surface area contributed by atoms with Crippen LogP contribution in [0.1, 0.15) is 51.9 Å². The highest BCUT2D eigenvalue weighted by atomic mass is 16.1. The van der Waals surface area contributed by atoms with Crippen LogP contribution >= 0.6 is 0 Å². The highest BCUT2D eigenvalue weighted by Gasteiger charge is 2.42. The minimum absolute atomic E-state index is 0.346. The van der Waals surface area contributed by atoms with Crippen molar-refractivity contribution in [2.24, 2.45) is 17.8 Å². The maximum absolute atomic E-state index is 11.9. The van der Waals surface area contributed by atoms with Gasteiger partial charge in [-0.15, -0.1) is 0 Å². The van der Waals surface area contributed by atoms with E-state index in [1.807, 2.05) is 0 Å². The summed E-state index contributed by atoms with van der Waals surface area (Å²) in [6.07, 6.45) is 8.78. The van der Waals surface area contributed by atoms with Crippen LogP contribution in [0.25, 0.3) is 0 Å². The average molecular weight is 209 g/mol. The standard InChI is InChI=1S/C13H23NO/c1-2-3-4-7-14-13(15)12-9-10-5-6-11(12)8-10/h10-12H,2-9H2,1H3,(H,14,15). The third-order valence-corrected chi connectivity index (χ3v) is 4.15. The number of nitrogens with one attached hydrogen (secondary N) is 1. The lowest BCUT2D eigenvalue weighted by Gasteiger charge is -2.20. The summed E-state index contributed by atoms with van der Waals surface area (Å²) < 4.78 is 0. The van der Waals surface area contributed by atoms with Crippen LogP contribution in [-0.4, -0.2) is 12.5 Å². The fourth-order valence-electron chi connectivity index (χ4n) is 3.28. The predicted molar refractivity (Wildman–Crippen MR) is 61.5 cm³/mol. The number of hydrogen-bond acceptors (Lipinski definition) is 1. The van der Waals surface area contributed by atoms with E-state index in [1.165, 1.54) is 38.5 Å². The summed E-state index contributed by atoms with van der Waals surface area (Å²) in [7, 11) is 0. The van der Waals surface area contributed by atoms with Gasteiger partial charge in [-0.2, -0.15) is 0 Å². The van der Waals surface area contributed by atoms with Gasteiger partial charge < -0.3 is 5.32 Å². The first kappa shape index (κ1) is 11.0. The van der Waals surface area contributed by atoms with Gasteiger partial charge in [0.15, 0.2) is 0 Å². The molecule has 0 aliphatic heterocycles. The summed E-state index contributed by atoms with van der Waals surface area (Å²) in [6, 6.07) is 0. The van der Waals surface area contributed by atoms with Gasteiger partial charge in [-0.3, -0.25) is 4.79 Å². The van der Waals surface area contributed by atoms with Crippen LogP contribution in [0.2, 0.25) is 0 Å². The van der Waals surface area contributed by atoms with Gasteiger partial charge in [0.2, 0.25) is 5.91 Å². The first-order valence-electron chi connectivity index (χ1n) is 6.59. The molecule has 2 rings (SSSR count). The van der Waals surface area contributed by atoms with Crippen molar-refractivity contribution in [2.45, 2.75) is 51.9 Å². The molecular weight excluding hydrogens is 186 g/mol. The van der Waals surface area contributed by atoms with E-state index in [-0.39, 0.29) is 0 Å². The van der Waals surface area contributed by atoms with E-state index in [0.717, 1.165) is 24.8 Å². The first-order valence-corrected chi connectivity index (χ1v) is 6.59. The molecular formula is C13H23NO. The fraction of sp³-hybridized carbons (Fsp3) is 0.923. The maximum atomic E-state index is 11.9. The lowest BCUT2D eigenvalue weighted by atomic mass is 9.88. The van der Waals surface area contributed by atoms with Gasteiger partial charge in [0, 0.05) is 12.5 Å². The van der Waals surface area contributed by atoms with Crippen molar-refractivity contribution >= 4 is 5.91 Å². The normalized spacial score (nSPS) is 33.3. The van der Waals surface area contributed by atoms with Crippen LogP contribution in [-0.2, 0) is 4.79 Å². The molecule has 0 aromatic carbocycles. The minimum atomic E-state index is 0.346. The smallest absolute Gasteiger partial charge is 0.223 e. The molecule has 0 aromatic heterocycles. The molecule has 0 saturated heterocycles. The number of amides is 1. The van der Waals surface area contributed by atoms with Crippen molar-refractivity contribution in [3.05, 3.63) is 0 Å². The summed E-state index contributed by atoms with van der Waals surface area (Å²) in [5.41, 5.74) is 0. The summed E-state index contributed by atoms with van der Waals surface area (Å²) in [6.45, 7) is 3.08. The number of fused-ring (bicyclic) bond motifs is 2. The average Bonchev–Trinajstić information content (AvgIpc) is 2.85. The highest BCUT2D eigenvalue weighted by molar-refractivity contribution is 5.79. The molecule has 2 heteroatoms. The fourth-order valence-corrected chi connectivity index (χ4v) is 3.28. The summed E-state index contributed by atoms with van der Waals surface area (Å²) in [4.78, 5) is 11.9. The Kier molecular flexibility index (Phi) is 3.66. The predicted octanol–water partition coefficient (Wildman–Crippen LogP) is 2.73. The number of unbranched alkanes of at least 4 members (excludes halogenated alkanes) is 2. The topological polar surface area (TPSA) is 29.1 Å². The molecule has 3 unspecified atom stereocenters. The second-order valence-corrected chi connectivity index (χ2v) is 5.28. The molecule has 2 aliphatic carbocycles. The van der Waals surface area contributed by atoms with E-state index >= 15 is 0 Å². The number of carbonyl (C=O) groups excluding carboxylic acids is 1. The van der Waals surface area contributed by atoms with E-state index in [9.17, 15) is 4.79 Å². The Morgan fingerprint density at radius 3 is 2.73 bits per heavy atom. The van der Waals surface area contributed by atoms with Gasteiger partial charge >= 0.3 is 0 Å². The SMILES string of the molecule is CCCCCNC(=O)C1CC2CCC1C2. The van der Waals surface area contributed by atoms with Crippen LogP contribution < -0.4 is 5.32 Å². The van der Waals surface area contributed by atoms with Crippen molar-refractivity contribution < 1.29 is 4.79 Å². The van der Waals surface area contributed by atoms with Crippen LogP contribution in [0.3, 0.4) is 0 Å². The second kappa shape index (κ2) is 5.00. The zero-order chi connectivity index (χ0) is 10.7. The molecule has 2 fully saturated rings. The molecule has 0 radical (unpaired) electrons. The van der Waals surface area contributed by atoms with E-state index in [4.69, 9.17) is 0 Å². The lowest BCUT2D eigenvalue weighted by Crippen LogP contribution is -2.34. The highest BCUT2D eigenvalue weighted by Crippen LogP contribution is 2.48. The zero-order valence-corrected chi connectivity index (χ0v) is 9.80. The molecule has 15 heavy (non-hydrogen) atoms. The molecule has 1 N–H and O–H groups in total. The van der Waals surface area contributed by atoms with Crippen LogP contribution in [0.15, 0.2) is 0 Å². The van der Waals surface area contributed by atoms with Crippen molar-refractivity contribution in [1.82, 2.24) is 5.32 Å². The van der Waals surface area contributed by atoms with Crippen molar-refractivity contribution in [2.75, 3.05) is 6.54 Å². The molecule has 2 bridgehead atoms. The summed E-state index contributed by atoms with van der Waals surface area (Å²) in [5, 5.41) is 3.11. The Morgan fingerprint density at radius 2 is 2.13 bits per heavy atom. The summed E-state index contributed by atoms with van der Waals surface area (Å²) in [5.74, 6) is 2.31. The van der Waals surface area contributed by atoms with E-state index in [0.29, 0.717) is 11.8 Å². The van der Waals surface area contributed by atoms with Crippen molar-refractivity contribution in [1.29, 1.82) is 0 Å². The zero-order valence-electron chi connectivity index (χ0n) is 9.80. The van der Waals surface area contributed by atoms with Crippen LogP contribution in [0.5, 0.6) is 0 Å². The van der Waals surface area contributed by atoms with Gasteiger partial charge in [-0.1, -0.05) is 26.2 Å². The minimum Gasteiger partial charge on any atom is -0.356 e. The first-order chi connectivity index (χ1) is 7.31. The monoisotopic (exact) mass is 209 g/mol. The molecule has 2 nitrogen and oxygen atoms in total. The molecule has 0 aromatic rings. The third kappa shape index (κ3) is 2.53. The van der Waals surface area contributed by atoms with Gasteiger partial charge in [-0.25, -0.2) is 0 Å². The second-order valence-electron chi connectivity index (χ2n) is 5.28. The third-order valence-electron chi connectivity index (χ3n) is 4.15. The number of carbonyl (C=O) groups is 1.